The van der Waals surface area contributed by atoms with Crippen molar-refractivity contribution in [2.45, 2.75) is 13.3 Å². The number of amides is 1. The van der Waals surface area contributed by atoms with E-state index < -0.39 is 0 Å². The number of aromatic nitrogens is 1. The number of ether oxygens (including phenoxy) is 2. The summed E-state index contributed by atoms with van der Waals surface area (Å²) in [5.74, 6) is 1.05. The fraction of sp³-hybridized carbons (Fsp3) is 0.200. The number of nitrogens with one attached hydrogen (secondary N) is 1. The van der Waals surface area contributed by atoms with Gasteiger partial charge in [0.2, 0.25) is 0 Å². The first-order valence-electron chi connectivity index (χ1n) is 8.44. The molecule has 0 atom stereocenters. The van der Waals surface area contributed by atoms with E-state index in [1.54, 1.807) is 36.8 Å². The molecular formula is C20H19ClN2O3S. The summed E-state index contributed by atoms with van der Waals surface area (Å²) in [6, 6.07) is 12.6. The number of hydrogen-bond acceptors (Lipinski definition) is 5. The number of nitrogens with zero attached hydrogens (tertiary/aromatic N) is 1. The van der Waals surface area contributed by atoms with E-state index in [0.29, 0.717) is 34.5 Å². The topological polar surface area (TPSA) is 60.5 Å². The molecule has 0 radical (unpaired) electrons. The van der Waals surface area contributed by atoms with E-state index in [-0.39, 0.29) is 5.91 Å². The second-order valence-electron chi connectivity index (χ2n) is 5.72. The van der Waals surface area contributed by atoms with Gasteiger partial charge in [-0.25, -0.2) is 4.98 Å². The predicted molar refractivity (Wildman–Crippen MR) is 109 cm³/mol. The fourth-order valence-corrected chi connectivity index (χ4v) is 3.39. The molecule has 3 rings (SSSR count). The number of hydrogen-bond donors (Lipinski definition) is 1. The van der Waals surface area contributed by atoms with Crippen molar-refractivity contribution in [1.29, 1.82) is 0 Å². The molecule has 0 aliphatic heterocycles. The Labute approximate surface area is 166 Å². The summed E-state index contributed by atoms with van der Waals surface area (Å²) in [6.45, 7) is 2.67. The molecule has 1 heterocycles. The van der Waals surface area contributed by atoms with Crippen molar-refractivity contribution in [2.75, 3.05) is 19.0 Å². The summed E-state index contributed by atoms with van der Waals surface area (Å²) in [4.78, 5) is 16.9. The van der Waals surface area contributed by atoms with E-state index in [1.807, 2.05) is 25.1 Å². The summed E-state index contributed by atoms with van der Waals surface area (Å²) in [5, 5.41) is 5.81. The second-order valence-corrected chi connectivity index (χ2v) is 7.01. The van der Waals surface area contributed by atoms with E-state index in [4.69, 9.17) is 21.1 Å². The molecule has 1 N–H and O–H groups in total. The Morgan fingerprint density at radius 3 is 2.81 bits per heavy atom. The lowest BCUT2D eigenvalue weighted by atomic mass is 10.2. The molecule has 0 aliphatic carbocycles. The van der Waals surface area contributed by atoms with Gasteiger partial charge in [0.05, 0.1) is 13.7 Å². The van der Waals surface area contributed by atoms with Gasteiger partial charge in [-0.1, -0.05) is 24.6 Å². The average Bonchev–Trinajstić information content (AvgIpc) is 3.16. The zero-order chi connectivity index (χ0) is 19.2. The van der Waals surface area contributed by atoms with Crippen molar-refractivity contribution in [3.05, 3.63) is 58.6 Å². The Kier molecular flexibility index (Phi) is 6.32. The molecule has 0 saturated heterocycles. The highest BCUT2D eigenvalue weighted by Crippen LogP contribution is 2.34. The molecule has 5 nitrogen and oxygen atoms in total. The lowest BCUT2D eigenvalue weighted by Gasteiger charge is -2.10. The van der Waals surface area contributed by atoms with E-state index in [1.165, 1.54) is 11.3 Å². The highest BCUT2D eigenvalue weighted by Gasteiger charge is 2.14. The SMILES string of the molecule is CCCOc1ccc(-c2nc(C(=O)Nc3cccc(Cl)c3)cs2)cc1OC. The molecule has 1 aromatic heterocycles. The van der Waals surface area contributed by atoms with Crippen LogP contribution in [-0.4, -0.2) is 24.6 Å². The van der Waals surface area contributed by atoms with Crippen LogP contribution in [0.15, 0.2) is 47.8 Å². The van der Waals surface area contributed by atoms with Crippen LogP contribution in [0.25, 0.3) is 10.6 Å². The molecule has 7 heteroatoms. The third-order valence-corrected chi connectivity index (χ3v) is 4.82. The molecule has 3 aromatic rings. The van der Waals surface area contributed by atoms with Crippen LogP contribution in [-0.2, 0) is 0 Å². The standard InChI is InChI=1S/C20H19ClN2O3S/c1-3-9-26-17-8-7-13(10-18(17)25-2)20-23-16(12-27-20)19(24)22-15-6-4-5-14(21)11-15/h4-8,10-12H,3,9H2,1-2H3,(H,22,24). The molecule has 0 spiro atoms. The van der Waals surface area contributed by atoms with Crippen LogP contribution < -0.4 is 14.8 Å². The number of benzene rings is 2. The average molecular weight is 403 g/mol. The zero-order valence-corrected chi connectivity index (χ0v) is 16.6. The summed E-state index contributed by atoms with van der Waals surface area (Å²) in [7, 11) is 1.60. The van der Waals surface area contributed by atoms with Crippen LogP contribution >= 0.6 is 22.9 Å². The first kappa shape index (κ1) is 19.2. The van der Waals surface area contributed by atoms with E-state index >= 15 is 0 Å². The Morgan fingerprint density at radius 1 is 1.22 bits per heavy atom. The Bertz CT molecular complexity index is 942. The number of halogens is 1. The van der Waals surface area contributed by atoms with Gasteiger partial charge in [0.15, 0.2) is 11.5 Å². The number of rotatable bonds is 7. The fourth-order valence-electron chi connectivity index (χ4n) is 2.40. The monoisotopic (exact) mass is 402 g/mol. The quantitative estimate of drug-likeness (QED) is 0.565. The predicted octanol–water partition coefficient (Wildman–Crippen LogP) is 5.51. The Hall–Kier alpha value is -2.57. The van der Waals surface area contributed by atoms with Crippen LogP contribution in [0.4, 0.5) is 5.69 Å². The van der Waals surface area contributed by atoms with Crippen molar-refractivity contribution in [3.8, 4) is 22.1 Å². The Morgan fingerprint density at radius 2 is 2.07 bits per heavy atom. The smallest absolute Gasteiger partial charge is 0.275 e. The molecule has 0 fully saturated rings. The first-order chi connectivity index (χ1) is 13.1. The zero-order valence-electron chi connectivity index (χ0n) is 15.0. The van der Waals surface area contributed by atoms with Gasteiger partial charge in [0.1, 0.15) is 10.7 Å². The van der Waals surface area contributed by atoms with Gasteiger partial charge in [0, 0.05) is 21.7 Å². The van der Waals surface area contributed by atoms with Gasteiger partial charge in [-0.15, -0.1) is 11.3 Å². The van der Waals surface area contributed by atoms with Crippen LogP contribution in [0.3, 0.4) is 0 Å². The lowest BCUT2D eigenvalue weighted by Crippen LogP contribution is -2.12. The van der Waals surface area contributed by atoms with Crippen LogP contribution in [0, 0.1) is 0 Å². The van der Waals surface area contributed by atoms with Crippen molar-refractivity contribution in [1.82, 2.24) is 4.98 Å². The summed E-state index contributed by atoms with van der Waals surface area (Å²) in [5.41, 5.74) is 1.84. The third-order valence-electron chi connectivity index (χ3n) is 3.69. The molecule has 27 heavy (non-hydrogen) atoms. The van der Waals surface area contributed by atoms with Crippen LogP contribution in [0.1, 0.15) is 23.8 Å². The van der Waals surface area contributed by atoms with E-state index in [0.717, 1.165) is 17.0 Å². The van der Waals surface area contributed by atoms with Gasteiger partial charge in [-0.3, -0.25) is 4.79 Å². The lowest BCUT2D eigenvalue weighted by molar-refractivity contribution is 0.102. The van der Waals surface area contributed by atoms with Gasteiger partial charge in [-0.2, -0.15) is 0 Å². The van der Waals surface area contributed by atoms with Crippen molar-refractivity contribution in [3.63, 3.8) is 0 Å². The number of methoxy groups -OCH3 is 1. The van der Waals surface area contributed by atoms with Gasteiger partial charge in [0.25, 0.3) is 5.91 Å². The minimum absolute atomic E-state index is 0.283. The molecule has 0 saturated carbocycles. The van der Waals surface area contributed by atoms with Crippen molar-refractivity contribution >= 4 is 34.5 Å². The molecule has 0 aliphatic rings. The third kappa shape index (κ3) is 4.78. The van der Waals surface area contributed by atoms with E-state index in [9.17, 15) is 4.79 Å². The summed E-state index contributed by atoms with van der Waals surface area (Å²) >= 11 is 7.34. The largest absolute Gasteiger partial charge is 0.493 e. The molecule has 1 amide bonds. The Balaban J connectivity index is 1.77. The maximum Gasteiger partial charge on any atom is 0.275 e. The van der Waals surface area contributed by atoms with E-state index in [2.05, 4.69) is 10.3 Å². The highest BCUT2D eigenvalue weighted by molar-refractivity contribution is 7.13. The summed E-state index contributed by atoms with van der Waals surface area (Å²) in [6.07, 6.45) is 0.919. The number of thiazole rings is 1. The normalized spacial score (nSPS) is 10.5. The number of anilines is 1. The van der Waals surface area contributed by atoms with Crippen LogP contribution in [0.2, 0.25) is 5.02 Å². The first-order valence-corrected chi connectivity index (χ1v) is 9.70. The molecule has 140 valence electrons. The maximum absolute atomic E-state index is 12.4. The molecule has 0 unspecified atom stereocenters. The maximum atomic E-state index is 12.4. The second kappa shape index (κ2) is 8.88. The summed E-state index contributed by atoms with van der Waals surface area (Å²) < 4.78 is 11.1. The van der Waals surface area contributed by atoms with Crippen LogP contribution in [0.5, 0.6) is 11.5 Å². The number of carbonyl (C=O) groups excluding carboxylic acids is 1. The van der Waals surface area contributed by atoms with Gasteiger partial charge < -0.3 is 14.8 Å². The minimum atomic E-state index is -0.283. The molecular weight excluding hydrogens is 384 g/mol. The molecule has 0 bridgehead atoms. The van der Waals surface area contributed by atoms with Gasteiger partial charge in [-0.05, 0) is 42.8 Å². The highest BCUT2D eigenvalue weighted by atomic mass is 35.5. The minimum Gasteiger partial charge on any atom is -0.493 e. The van der Waals surface area contributed by atoms with Crippen molar-refractivity contribution in [2.24, 2.45) is 0 Å². The number of carbonyl (C=O) groups is 1. The molecule has 2 aromatic carbocycles. The van der Waals surface area contributed by atoms with Crippen molar-refractivity contribution < 1.29 is 14.3 Å². The van der Waals surface area contributed by atoms with Gasteiger partial charge >= 0.3 is 0 Å².